The highest BCUT2D eigenvalue weighted by molar-refractivity contribution is 7.13. The Hall–Kier alpha value is -1.26. The van der Waals surface area contributed by atoms with E-state index in [2.05, 4.69) is 21.4 Å². The number of thiophene rings is 1. The first-order valence-electron chi connectivity index (χ1n) is 4.88. The van der Waals surface area contributed by atoms with E-state index in [1.54, 1.807) is 11.3 Å². The minimum atomic E-state index is 0.591. The van der Waals surface area contributed by atoms with E-state index in [0.29, 0.717) is 6.54 Å². The minimum absolute atomic E-state index is 0.591. The lowest BCUT2D eigenvalue weighted by Gasteiger charge is -2.03. The number of aryl methyl sites for hydroxylation is 1. The average Bonchev–Trinajstić information content (AvgIpc) is 2.70. The van der Waals surface area contributed by atoms with Crippen molar-refractivity contribution in [1.82, 2.24) is 9.97 Å². The summed E-state index contributed by atoms with van der Waals surface area (Å²) in [5.74, 6) is 0.834. The molecule has 2 aromatic rings. The van der Waals surface area contributed by atoms with E-state index < -0.39 is 0 Å². The summed E-state index contributed by atoms with van der Waals surface area (Å²) in [5.41, 5.74) is 7.50. The van der Waals surface area contributed by atoms with Gasteiger partial charge in [-0.3, -0.25) is 0 Å². The Morgan fingerprint density at radius 2 is 2.27 bits per heavy atom. The van der Waals surface area contributed by atoms with Gasteiger partial charge >= 0.3 is 0 Å². The first-order valence-corrected chi connectivity index (χ1v) is 5.76. The van der Waals surface area contributed by atoms with Gasteiger partial charge in [0.2, 0.25) is 0 Å². The van der Waals surface area contributed by atoms with Gasteiger partial charge in [-0.15, -0.1) is 11.3 Å². The van der Waals surface area contributed by atoms with Crippen LogP contribution in [0.5, 0.6) is 0 Å². The molecular formula is C11H13N3S. The van der Waals surface area contributed by atoms with Crippen molar-refractivity contribution < 1.29 is 0 Å². The zero-order chi connectivity index (χ0) is 10.7. The van der Waals surface area contributed by atoms with Crippen LogP contribution in [-0.2, 0) is 6.42 Å². The van der Waals surface area contributed by atoms with Crippen LogP contribution in [0.4, 0.5) is 0 Å². The van der Waals surface area contributed by atoms with E-state index in [-0.39, 0.29) is 0 Å². The zero-order valence-electron chi connectivity index (χ0n) is 8.60. The summed E-state index contributed by atoms with van der Waals surface area (Å²) in [5, 5.41) is 2.05. The Labute approximate surface area is 93.0 Å². The fraction of sp³-hybridized carbons (Fsp3) is 0.273. The normalized spacial score (nSPS) is 10.5. The number of aromatic nitrogens is 2. The molecule has 4 heteroatoms. The van der Waals surface area contributed by atoms with Crippen molar-refractivity contribution in [3.05, 3.63) is 35.1 Å². The molecule has 0 aliphatic rings. The van der Waals surface area contributed by atoms with Gasteiger partial charge in [0.25, 0.3) is 0 Å². The quantitative estimate of drug-likeness (QED) is 0.859. The molecule has 15 heavy (non-hydrogen) atoms. The number of nitrogens with two attached hydrogens (primary N) is 1. The van der Waals surface area contributed by atoms with Crippen LogP contribution in [0.1, 0.15) is 11.5 Å². The molecule has 2 aromatic heterocycles. The maximum Gasteiger partial charge on any atom is 0.130 e. The maximum atomic E-state index is 5.50. The van der Waals surface area contributed by atoms with Crippen molar-refractivity contribution in [1.29, 1.82) is 0 Å². The van der Waals surface area contributed by atoms with Crippen molar-refractivity contribution in [2.45, 2.75) is 13.3 Å². The molecule has 2 N–H and O–H groups in total. The number of nitrogens with zero attached hydrogens (tertiary/aromatic N) is 2. The lowest BCUT2D eigenvalue weighted by atomic mass is 10.2. The predicted molar refractivity (Wildman–Crippen MR) is 62.8 cm³/mol. The molecular weight excluding hydrogens is 206 g/mol. The summed E-state index contributed by atoms with van der Waals surface area (Å²) in [6.07, 6.45) is 0.736. The molecule has 0 spiro atoms. The molecule has 0 amide bonds. The Morgan fingerprint density at radius 3 is 2.93 bits per heavy atom. The molecule has 0 aliphatic heterocycles. The van der Waals surface area contributed by atoms with Crippen LogP contribution in [0.25, 0.3) is 10.6 Å². The molecule has 0 fully saturated rings. The fourth-order valence-electron chi connectivity index (χ4n) is 1.42. The second kappa shape index (κ2) is 4.51. The van der Waals surface area contributed by atoms with Gasteiger partial charge in [0.15, 0.2) is 0 Å². The van der Waals surface area contributed by atoms with Crippen LogP contribution in [0.15, 0.2) is 23.6 Å². The molecule has 0 aliphatic carbocycles. The van der Waals surface area contributed by atoms with E-state index in [9.17, 15) is 0 Å². The highest BCUT2D eigenvalue weighted by Crippen LogP contribution is 2.22. The Morgan fingerprint density at radius 1 is 1.40 bits per heavy atom. The van der Waals surface area contributed by atoms with Crippen LogP contribution in [0.2, 0.25) is 0 Å². The minimum Gasteiger partial charge on any atom is -0.330 e. The largest absolute Gasteiger partial charge is 0.330 e. The van der Waals surface area contributed by atoms with Gasteiger partial charge in [-0.1, -0.05) is 6.07 Å². The lowest BCUT2D eigenvalue weighted by Crippen LogP contribution is -2.07. The fourth-order valence-corrected chi connectivity index (χ4v) is 2.11. The zero-order valence-corrected chi connectivity index (χ0v) is 9.42. The second-order valence-electron chi connectivity index (χ2n) is 3.33. The van der Waals surface area contributed by atoms with Crippen LogP contribution in [0.3, 0.4) is 0 Å². The molecule has 0 saturated carbocycles. The number of hydrogen-bond acceptors (Lipinski definition) is 4. The van der Waals surface area contributed by atoms with Gasteiger partial charge in [-0.05, 0) is 31.0 Å². The van der Waals surface area contributed by atoms with Gasteiger partial charge in [0.1, 0.15) is 5.82 Å². The molecule has 0 saturated heterocycles. The van der Waals surface area contributed by atoms with Gasteiger partial charge < -0.3 is 5.73 Å². The summed E-state index contributed by atoms with van der Waals surface area (Å²) in [6.45, 7) is 2.58. The molecule has 2 rings (SSSR count). The highest BCUT2D eigenvalue weighted by atomic mass is 32.1. The lowest BCUT2D eigenvalue weighted by molar-refractivity contribution is 0.858. The monoisotopic (exact) mass is 219 g/mol. The van der Waals surface area contributed by atoms with E-state index in [0.717, 1.165) is 23.6 Å². The summed E-state index contributed by atoms with van der Waals surface area (Å²) in [7, 11) is 0. The average molecular weight is 219 g/mol. The first kappa shape index (κ1) is 10.3. The van der Waals surface area contributed by atoms with Gasteiger partial charge in [0.05, 0.1) is 10.6 Å². The molecule has 2 heterocycles. The van der Waals surface area contributed by atoms with Crippen molar-refractivity contribution in [2.75, 3.05) is 6.54 Å². The third-order valence-electron chi connectivity index (χ3n) is 2.04. The van der Waals surface area contributed by atoms with E-state index in [4.69, 9.17) is 5.73 Å². The van der Waals surface area contributed by atoms with Crippen LogP contribution < -0.4 is 5.73 Å². The molecule has 78 valence electrons. The van der Waals surface area contributed by atoms with Crippen LogP contribution in [-0.4, -0.2) is 16.5 Å². The third-order valence-corrected chi connectivity index (χ3v) is 2.93. The maximum absolute atomic E-state index is 5.50. The molecule has 0 atom stereocenters. The van der Waals surface area contributed by atoms with E-state index >= 15 is 0 Å². The van der Waals surface area contributed by atoms with Gasteiger partial charge in [0, 0.05) is 12.1 Å². The topological polar surface area (TPSA) is 51.8 Å². The van der Waals surface area contributed by atoms with Crippen LogP contribution in [0, 0.1) is 6.92 Å². The molecule has 3 nitrogen and oxygen atoms in total. The first-order chi connectivity index (χ1) is 7.29. The molecule has 0 bridgehead atoms. The third kappa shape index (κ3) is 2.40. The Balaban J connectivity index is 2.40. The Bertz CT molecular complexity index is 437. The summed E-state index contributed by atoms with van der Waals surface area (Å²) in [4.78, 5) is 10.0. The summed E-state index contributed by atoms with van der Waals surface area (Å²) >= 11 is 1.69. The summed E-state index contributed by atoms with van der Waals surface area (Å²) < 4.78 is 0. The predicted octanol–water partition coefficient (Wildman–Crippen LogP) is 2.01. The van der Waals surface area contributed by atoms with Crippen molar-refractivity contribution >= 4 is 11.3 Å². The van der Waals surface area contributed by atoms with E-state index in [1.165, 1.54) is 4.88 Å². The molecule has 0 aromatic carbocycles. The van der Waals surface area contributed by atoms with Gasteiger partial charge in [-0.2, -0.15) is 0 Å². The van der Waals surface area contributed by atoms with Crippen molar-refractivity contribution in [3.63, 3.8) is 0 Å². The van der Waals surface area contributed by atoms with Crippen molar-refractivity contribution in [3.8, 4) is 10.6 Å². The second-order valence-corrected chi connectivity index (χ2v) is 4.27. The smallest absolute Gasteiger partial charge is 0.130 e. The number of rotatable bonds is 3. The van der Waals surface area contributed by atoms with Gasteiger partial charge in [-0.25, -0.2) is 9.97 Å². The molecule has 0 radical (unpaired) electrons. The van der Waals surface area contributed by atoms with Crippen molar-refractivity contribution in [2.24, 2.45) is 5.73 Å². The standard InChI is InChI=1S/C11H13N3S/c1-8-7-9(10-3-2-6-15-10)14-11(13-8)4-5-12/h2-3,6-7H,4-5,12H2,1H3. The van der Waals surface area contributed by atoms with E-state index in [1.807, 2.05) is 19.1 Å². The van der Waals surface area contributed by atoms with Crippen LogP contribution >= 0.6 is 11.3 Å². The number of hydrogen-bond donors (Lipinski definition) is 1. The SMILES string of the molecule is Cc1cc(-c2cccs2)nc(CCN)n1. The molecule has 0 unspecified atom stereocenters. The Kier molecular flexibility index (Phi) is 3.08. The summed E-state index contributed by atoms with van der Waals surface area (Å²) in [6, 6.07) is 6.10. The highest BCUT2D eigenvalue weighted by Gasteiger charge is 2.04.